The molecule has 1 atom stereocenters. The van der Waals surface area contributed by atoms with Crippen molar-refractivity contribution in [2.45, 2.75) is 25.3 Å². The van der Waals surface area contributed by atoms with Gasteiger partial charge in [-0.15, -0.1) is 0 Å². The van der Waals surface area contributed by atoms with Crippen LogP contribution in [-0.4, -0.2) is 30.8 Å². The summed E-state index contributed by atoms with van der Waals surface area (Å²) in [6.45, 7) is 1.01. The third-order valence-electron chi connectivity index (χ3n) is 4.44. The number of aliphatic imine (C=N–C) groups is 1. The lowest BCUT2D eigenvalue weighted by atomic mass is 10.0. The highest BCUT2D eigenvalue weighted by Gasteiger charge is 2.21. The van der Waals surface area contributed by atoms with E-state index in [0.717, 1.165) is 35.2 Å². The Morgan fingerprint density at radius 3 is 2.65 bits per heavy atom. The maximum atomic E-state index is 13.1. The van der Waals surface area contributed by atoms with Crippen LogP contribution in [0.5, 0.6) is 0 Å². The second-order valence-electron chi connectivity index (χ2n) is 6.49. The van der Waals surface area contributed by atoms with E-state index in [1.807, 2.05) is 18.2 Å². The van der Waals surface area contributed by atoms with E-state index in [2.05, 4.69) is 10.3 Å². The quantitative estimate of drug-likeness (QED) is 0.712. The largest absolute Gasteiger partial charge is 0.349 e. The molecular weight excluding hydrogens is 331 g/mol. The minimum absolute atomic E-state index is 0.100. The molecule has 0 spiro atoms. The van der Waals surface area contributed by atoms with Gasteiger partial charge in [-0.2, -0.15) is 0 Å². The molecule has 1 aliphatic heterocycles. The third-order valence-corrected chi connectivity index (χ3v) is 4.44. The molecule has 5 N–H and O–H groups in total. The van der Waals surface area contributed by atoms with E-state index in [0.29, 0.717) is 25.2 Å². The topological polar surface area (TPSA) is 93.5 Å². The molecule has 3 rings (SSSR count). The van der Waals surface area contributed by atoms with E-state index in [1.54, 1.807) is 12.1 Å². The van der Waals surface area contributed by atoms with Crippen LogP contribution in [0.15, 0.2) is 47.5 Å². The molecule has 0 radical (unpaired) electrons. The van der Waals surface area contributed by atoms with Crippen molar-refractivity contribution in [3.8, 4) is 11.1 Å². The molecule has 1 aliphatic rings. The summed E-state index contributed by atoms with van der Waals surface area (Å²) in [7, 11) is 0. The van der Waals surface area contributed by atoms with Gasteiger partial charge in [0, 0.05) is 19.0 Å². The maximum absolute atomic E-state index is 13.1. The highest BCUT2D eigenvalue weighted by molar-refractivity contribution is 6.40. The minimum Gasteiger partial charge on any atom is -0.349 e. The van der Waals surface area contributed by atoms with Crippen molar-refractivity contribution in [3.05, 3.63) is 53.8 Å². The van der Waals surface area contributed by atoms with Gasteiger partial charge in [-0.3, -0.25) is 4.79 Å². The lowest BCUT2D eigenvalue weighted by Crippen LogP contribution is -2.40. The van der Waals surface area contributed by atoms with E-state index < -0.39 is 0 Å². The zero-order chi connectivity index (χ0) is 18.5. The van der Waals surface area contributed by atoms with Crippen LogP contribution in [0.25, 0.3) is 11.1 Å². The average Bonchev–Trinajstić information content (AvgIpc) is 3.08. The lowest BCUT2D eigenvalue weighted by Gasteiger charge is -2.11. The Labute approximate surface area is 152 Å². The summed E-state index contributed by atoms with van der Waals surface area (Å²) in [6.07, 6.45) is 2.13. The van der Waals surface area contributed by atoms with Crippen LogP contribution in [0, 0.1) is 5.82 Å². The Balaban J connectivity index is 1.66. The number of nitrogens with one attached hydrogen (secondary N) is 1. The first-order valence-corrected chi connectivity index (χ1v) is 8.77. The molecule has 0 bridgehead atoms. The molecule has 0 saturated carbocycles. The Hall–Kier alpha value is -2.57. The number of hydrogen-bond donors (Lipinski definition) is 3. The predicted octanol–water partition coefficient (Wildman–Crippen LogP) is 2.30. The van der Waals surface area contributed by atoms with Gasteiger partial charge in [-0.25, -0.2) is 9.38 Å². The highest BCUT2D eigenvalue weighted by atomic mass is 19.1. The highest BCUT2D eigenvalue weighted by Crippen LogP contribution is 2.32. The third kappa shape index (κ3) is 4.33. The van der Waals surface area contributed by atoms with Crippen LogP contribution in [0.1, 0.15) is 18.4 Å². The molecule has 0 saturated heterocycles. The number of nitrogens with two attached hydrogens (primary N) is 2. The summed E-state index contributed by atoms with van der Waals surface area (Å²) in [5.41, 5.74) is 15.5. The van der Waals surface area contributed by atoms with Gasteiger partial charge in [-0.05, 0) is 54.3 Å². The van der Waals surface area contributed by atoms with E-state index in [4.69, 9.17) is 11.5 Å². The fourth-order valence-corrected chi connectivity index (χ4v) is 2.94. The molecule has 6 heteroatoms. The number of halogens is 1. The second kappa shape index (κ2) is 8.21. The fourth-order valence-electron chi connectivity index (χ4n) is 2.94. The molecule has 2 aromatic rings. The zero-order valence-corrected chi connectivity index (χ0v) is 14.5. The van der Waals surface area contributed by atoms with Gasteiger partial charge in [0.25, 0.3) is 5.91 Å². The first-order valence-electron chi connectivity index (χ1n) is 8.77. The van der Waals surface area contributed by atoms with Crippen molar-refractivity contribution in [3.63, 3.8) is 0 Å². The Kier molecular flexibility index (Phi) is 5.75. The van der Waals surface area contributed by atoms with Gasteiger partial charge < -0.3 is 16.8 Å². The fraction of sp³-hybridized carbons (Fsp3) is 0.300. The summed E-state index contributed by atoms with van der Waals surface area (Å²) in [5.74, 6) is -0.454. The number of hydrogen-bond acceptors (Lipinski definition) is 4. The molecule has 136 valence electrons. The first kappa shape index (κ1) is 18.2. The number of rotatable bonds is 7. The van der Waals surface area contributed by atoms with Crippen molar-refractivity contribution >= 4 is 17.3 Å². The number of benzene rings is 2. The van der Waals surface area contributed by atoms with E-state index in [-0.39, 0.29) is 17.8 Å². The maximum Gasteiger partial charge on any atom is 0.266 e. The number of amides is 1. The lowest BCUT2D eigenvalue weighted by molar-refractivity contribution is -0.114. The molecule has 0 aliphatic carbocycles. The summed E-state index contributed by atoms with van der Waals surface area (Å²) < 4.78 is 13.1. The molecule has 26 heavy (non-hydrogen) atoms. The van der Waals surface area contributed by atoms with Gasteiger partial charge in [0.2, 0.25) is 0 Å². The van der Waals surface area contributed by atoms with Crippen molar-refractivity contribution < 1.29 is 9.18 Å². The first-order chi connectivity index (χ1) is 12.6. The Morgan fingerprint density at radius 2 is 1.92 bits per heavy atom. The smallest absolute Gasteiger partial charge is 0.266 e. The van der Waals surface area contributed by atoms with Gasteiger partial charge >= 0.3 is 0 Å². The molecule has 5 nitrogen and oxygen atoms in total. The number of carbonyl (C=O) groups excluding carboxylic acids is 1. The average molecular weight is 354 g/mol. The standard InChI is InChI=1S/C20H23FN4O/c21-16-7-5-13(6-8-16)14-3-4-15-11-19(25-18(15)10-14)20(26)24-12-17(23)2-1-9-22/h3-8,10,17H,1-2,9,11-12,22-23H2,(H,24,26)/t17-/m0/s1. The van der Waals surface area contributed by atoms with Crippen LogP contribution in [0.3, 0.4) is 0 Å². The van der Waals surface area contributed by atoms with Crippen LogP contribution in [0.2, 0.25) is 0 Å². The zero-order valence-electron chi connectivity index (χ0n) is 14.5. The van der Waals surface area contributed by atoms with Crippen molar-refractivity contribution in [2.75, 3.05) is 13.1 Å². The Bertz CT molecular complexity index is 817. The SMILES string of the molecule is NCCC[C@H](N)CNC(=O)C1=Nc2cc(-c3ccc(F)cc3)ccc2C1. The van der Waals surface area contributed by atoms with Gasteiger partial charge in [0.05, 0.1) is 5.69 Å². The summed E-state index contributed by atoms with van der Waals surface area (Å²) in [4.78, 5) is 16.8. The predicted molar refractivity (Wildman–Crippen MR) is 102 cm³/mol. The van der Waals surface area contributed by atoms with Crippen molar-refractivity contribution in [2.24, 2.45) is 16.5 Å². The van der Waals surface area contributed by atoms with Crippen LogP contribution >= 0.6 is 0 Å². The second-order valence-corrected chi connectivity index (χ2v) is 6.49. The monoisotopic (exact) mass is 354 g/mol. The van der Waals surface area contributed by atoms with Crippen molar-refractivity contribution in [1.29, 1.82) is 0 Å². The summed E-state index contributed by atoms with van der Waals surface area (Å²) in [5, 5.41) is 2.84. The summed E-state index contributed by atoms with van der Waals surface area (Å²) in [6, 6.07) is 12.1. The molecule has 0 unspecified atom stereocenters. The normalized spacial score (nSPS) is 13.9. The Morgan fingerprint density at radius 1 is 1.19 bits per heavy atom. The van der Waals surface area contributed by atoms with Gasteiger partial charge in [-0.1, -0.05) is 24.3 Å². The molecule has 2 aromatic carbocycles. The number of nitrogens with zero attached hydrogens (tertiary/aromatic N) is 1. The molecule has 1 heterocycles. The van der Waals surface area contributed by atoms with E-state index in [1.165, 1.54) is 12.1 Å². The molecular formula is C20H23FN4O. The number of carbonyl (C=O) groups is 1. The molecule has 0 fully saturated rings. The van der Waals surface area contributed by atoms with E-state index >= 15 is 0 Å². The van der Waals surface area contributed by atoms with E-state index in [9.17, 15) is 9.18 Å². The summed E-state index contributed by atoms with van der Waals surface area (Å²) >= 11 is 0. The van der Waals surface area contributed by atoms with Crippen LogP contribution in [-0.2, 0) is 11.2 Å². The molecule has 0 aromatic heterocycles. The van der Waals surface area contributed by atoms with Crippen molar-refractivity contribution in [1.82, 2.24) is 5.32 Å². The van der Waals surface area contributed by atoms with Crippen LogP contribution in [0.4, 0.5) is 10.1 Å². The van der Waals surface area contributed by atoms with Gasteiger partial charge in [0.1, 0.15) is 11.5 Å². The minimum atomic E-state index is -0.267. The van der Waals surface area contributed by atoms with Crippen LogP contribution < -0.4 is 16.8 Å². The number of fused-ring (bicyclic) bond motifs is 1. The van der Waals surface area contributed by atoms with Gasteiger partial charge in [0.15, 0.2) is 0 Å². The molecule has 1 amide bonds.